The maximum atomic E-state index is 14.0. The number of hydrogen-bond acceptors (Lipinski definition) is 3. The van der Waals surface area contributed by atoms with E-state index in [0.717, 1.165) is 0 Å². The van der Waals surface area contributed by atoms with Gasteiger partial charge >= 0.3 is 5.97 Å². The highest BCUT2D eigenvalue weighted by Crippen LogP contribution is 2.24. The Bertz CT molecular complexity index is 614. The lowest BCUT2D eigenvalue weighted by Gasteiger charge is -2.19. The van der Waals surface area contributed by atoms with Gasteiger partial charge in [0.2, 0.25) is 0 Å². The monoisotopic (exact) mass is 291 g/mol. The highest BCUT2D eigenvalue weighted by Gasteiger charge is 2.18. The van der Waals surface area contributed by atoms with Crippen molar-refractivity contribution in [3.05, 3.63) is 71.3 Å². The van der Waals surface area contributed by atoms with Gasteiger partial charge in [-0.15, -0.1) is 0 Å². The molecule has 0 radical (unpaired) electrons. The lowest BCUT2D eigenvalue weighted by atomic mass is 9.98. The number of rotatable bonds is 5. The van der Waals surface area contributed by atoms with Crippen LogP contribution in [0.5, 0.6) is 0 Å². The standard InChI is InChI=1S/C16H15F2NO2/c1-21-15(20)10-19-16(11-6-8-12(17)9-7-11)13-4-2-3-5-14(13)18/h2-9,16,19H,10H2,1H3. The maximum Gasteiger partial charge on any atom is 0.319 e. The zero-order chi connectivity index (χ0) is 15.2. The fourth-order valence-corrected chi connectivity index (χ4v) is 2.03. The van der Waals surface area contributed by atoms with Gasteiger partial charge in [0, 0.05) is 5.56 Å². The minimum absolute atomic E-state index is 0.0765. The molecule has 2 aromatic carbocycles. The molecular weight excluding hydrogens is 276 g/mol. The largest absolute Gasteiger partial charge is 0.468 e. The number of carbonyl (C=O) groups is 1. The van der Waals surface area contributed by atoms with Crippen molar-refractivity contribution in [1.29, 1.82) is 0 Å². The molecule has 2 aromatic rings. The van der Waals surface area contributed by atoms with Crippen molar-refractivity contribution in [2.75, 3.05) is 13.7 Å². The maximum absolute atomic E-state index is 14.0. The van der Waals surface area contributed by atoms with Crippen LogP contribution in [0.2, 0.25) is 0 Å². The number of methoxy groups -OCH3 is 1. The third-order valence-corrected chi connectivity index (χ3v) is 3.10. The number of esters is 1. The Hall–Kier alpha value is -2.27. The fraction of sp³-hybridized carbons (Fsp3) is 0.188. The summed E-state index contributed by atoms with van der Waals surface area (Å²) in [5, 5.41) is 2.93. The van der Waals surface area contributed by atoms with Crippen LogP contribution in [-0.4, -0.2) is 19.6 Å². The molecule has 21 heavy (non-hydrogen) atoms. The van der Waals surface area contributed by atoms with Crippen LogP contribution < -0.4 is 5.32 Å². The molecule has 2 rings (SSSR count). The normalized spacial score (nSPS) is 12.0. The van der Waals surface area contributed by atoms with Crippen LogP contribution in [0.1, 0.15) is 17.2 Å². The van der Waals surface area contributed by atoms with Gasteiger partial charge in [-0.3, -0.25) is 10.1 Å². The van der Waals surface area contributed by atoms with Crippen LogP contribution in [0.25, 0.3) is 0 Å². The zero-order valence-corrected chi connectivity index (χ0v) is 11.5. The van der Waals surface area contributed by atoms with E-state index >= 15 is 0 Å². The molecule has 0 saturated heterocycles. The number of ether oxygens (including phenoxy) is 1. The molecule has 0 aliphatic rings. The fourth-order valence-electron chi connectivity index (χ4n) is 2.03. The number of benzene rings is 2. The van der Waals surface area contributed by atoms with Crippen molar-refractivity contribution in [2.24, 2.45) is 0 Å². The summed E-state index contributed by atoms with van der Waals surface area (Å²) in [4.78, 5) is 11.3. The Morgan fingerprint density at radius 1 is 1.14 bits per heavy atom. The van der Waals surface area contributed by atoms with Crippen molar-refractivity contribution in [1.82, 2.24) is 5.32 Å². The van der Waals surface area contributed by atoms with E-state index in [4.69, 9.17) is 0 Å². The van der Waals surface area contributed by atoms with E-state index < -0.39 is 17.8 Å². The minimum Gasteiger partial charge on any atom is -0.468 e. The van der Waals surface area contributed by atoms with E-state index in [-0.39, 0.29) is 12.4 Å². The quantitative estimate of drug-likeness (QED) is 0.861. The van der Waals surface area contributed by atoms with E-state index in [9.17, 15) is 13.6 Å². The molecule has 0 fully saturated rings. The summed E-state index contributed by atoms with van der Waals surface area (Å²) in [6.07, 6.45) is 0. The molecule has 0 bridgehead atoms. The first-order valence-electron chi connectivity index (χ1n) is 6.42. The molecule has 1 atom stereocenters. The van der Waals surface area contributed by atoms with Crippen LogP contribution in [0.3, 0.4) is 0 Å². The van der Waals surface area contributed by atoms with E-state index in [1.54, 1.807) is 30.3 Å². The number of nitrogens with one attached hydrogen (secondary N) is 1. The second-order valence-electron chi connectivity index (χ2n) is 4.46. The summed E-state index contributed by atoms with van der Waals surface area (Å²) in [6.45, 7) is -0.0765. The summed E-state index contributed by atoms with van der Waals surface area (Å²) in [5.74, 6) is -1.23. The lowest BCUT2D eigenvalue weighted by Crippen LogP contribution is -2.29. The second kappa shape index (κ2) is 6.95. The Morgan fingerprint density at radius 3 is 2.43 bits per heavy atom. The second-order valence-corrected chi connectivity index (χ2v) is 4.46. The minimum atomic E-state index is -0.564. The number of hydrogen-bond donors (Lipinski definition) is 1. The number of carbonyl (C=O) groups excluding carboxylic acids is 1. The molecule has 1 N–H and O–H groups in total. The average Bonchev–Trinajstić information content (AvgIpc) is 2.50. The van der Waals surface area contributed by atoms with Crippen molar-refractivity contribution >= 4 is 5.97 Å². The van der Waals surface area contributed by atoms with E-state index in [0.29, 0.717) is 11.1 Å². The van der Waals surface area contributed by atoms with E-state index in [1.165, 1.54) is 25.3 Å². The highest BCUT2D eigenvalue weighted by atomic mass is 19.1. The van der Waals surface area contributed by atoms with Crippen LogP contribution in [0.4, 0.5) is 8.78 Å². The van der Waals surface area contributed by atoms with Crippen LogP contribution >= 0.6 is 0 Å². The summed E-state index contributed by atoms with van der Waals surface area (Å²) in [7, 11) is 1.28. The third-order valence-electron chi connectivity index (χ3n) is 3.10. The number of halogens is 2. The summed E-state index contributed by atoms with van der Waals surface area (Å²) in [5.41, 5.74) is 1.04. The van der Waals surface area contributed by atoms with Gasteiger partial charge < -0.3 is 4.74 Å². The van der Waals surface area contributed by atoms with Crippen LogP contribution in [0.15, 0.2) is 48.5 Å². The smallest absolute Gasteiger partial charge is 0.319 e. The predicted molar refractivity (Wildman–Crippen MR) is 74.7 cm³/mol. The molecule has 0 amide bonds. The Balaban J connectivity index is 2.32. The predicted octanol–water partition coefficient (Wildman–Crippen LogP) is 2.82. The van der Waals surface area contributed by atoms with Gasteiger partial charge in [-0.1, -0.05) is 30.3 Å². The van der Waals surface area contributed by atoms with E-state index in [2.05, 4.69) is 10.1 Å². The van der Waals surface area contributed by atoms with Crippen LogP contribution in [0, 0.1) is 11.6 Å². The molecule has 0 aliphatic carbocycles. The molecule has 1 unspecified atom stereocenters. The van der Waals surface area contributed by atoms with Gasteiger partial charge in [-0.2, -0.15) is 0 Å². The van der Waals surface area contributed by atoms with Crippen molar-refractivity contribution in [3.63, 3.8) is 0 Å². The van der Waals surface area contributed by atoms with Crippen molar-refractivity contribution in [3.8, 4) is 0 Å². The first-order valence-corrected chi connectivity index (χ1v) is 6.42. The molecule has 3 nitrogen and oxygen atoms in total. The van der Waals surface area contributed by atoms with Gasteiger partial charge in [0.1, 0.15) is 11.6 Å². The molecule has 0 saturated carbocycles. The van der Waals surface area contributed by atoms with Crippen LogP contribution in [-0.2, 0) is 9.53 Å². The third kappa shape index (κ3) is 3.86. The Labute approximate surface area is 121 Å². The highest BCUT2D eigenvalue weighted by molar-refractivity contribution is 5.71. The van der Waals surface area contributed by atoms with Gasteiger partial charge in [-0.05, 0) is 23.8 Å². The Morgan fingerprint density at radius 2 is 1.81 bits per heavy atom. The molecule has 5 heteroatoms. The van der Waals surface area contributed by atoms with Gasteiger partial charge in [0.15, 0.2) is 0 Å². The zero-order valence-electron chi connectivity index (χ0n) is 11.5. The van der Waals surface area contributed by atoms with Gasteiger partial charge in [0.05, 0.1) is 19.7 Å². The van der Waals surface area contributed by atoms with Crippen molar-refractivity contribution < 1.29 is 18.3 Å². The van der Waals surface area contributed by atoms with Gasteiger partial charge in [0.25, 0.3) is 0 Å². The Kier molecular flexibility index (Phi) is 5.00. The average molecular weight is 291 g/mol. The van der Waals surface area contributed by atoms with Crippen molar-refractivity contribution in [2.45, 2.75) is 6.04 Å². The molecular formula is C16H15F2NO2. The van der Waals surface area contributed by atoms with E-state index in [1.807, 2.05) is 0 Å². The molecule has 0 heterocycles. The lowest BCUT2D eigenvalue weighted by molar-refractivity contribution is -0.139. The van der Waals surface area contributed by atoms with Gasteiger partial charge in [-0.25, -0.2) is 8.78 Å². The first kappa shape index (κ1) is 15.1. The molecule has 0 aromatic heterocycles. The first-order chi connectivity index (χ1) is 10.1. The summed E-state index contributed by atoms with van der Waals surface area (Å²) in [6, 6.07) is 11.4. The molecule has 110 valence electrons. The summed E-state index contributed by atoms with van der Waals surface area (Å²) >= 11 is 0. The SMILES string of the molecule is COC(=O)CNC(c1ccc(F)cc1)c1ccccc1F. The molecule has 0 aliphatic heterocycles. The summed E-state index contributed by atoms with van der Waals surface area (Å²) < 4.78 is 31.6. The topological polar surface area (TPSA) is 38.3 Å². The molecule has 0 spiro atoms.